The van der Waals surface area contributed by atoms with Crippen LogP contribution in [-0.2, 0) is 11.3 Å². The third kappa shape index (κ3) is 7.58. The molecule has 0 spiro atoms. The van der Waals surface area contributed by atoms with Crippen molar-refractivity contribution in [3.05, 3.63) is 29.6 Å². The maximum absolute atomic E-state index is 5.00. The zero-order valence-corrected chi connectivity index (χ0v) is 13.2. The van der Waals surface area contributed by atoms with Gasteiger partial charge in [-0.15, -0.1) is 0 Å². The first-order valence-corrected chi connectivity index (χ1v) is 7.60. The van der Waals surface area contributed by atoms with Gasteiger partial charge in [0.25, 0.3) is 0 Å². The molecule has 1 rings (SSSR count). The van der Waals surface area contributed by atoms with Crippen molar-refractivity contribution in [3.8, 4) is 0 Å². The topological polar surface area (TPSA) is 37.4 Å². The molecule has 0 radical (unpaired) electrons. The van der Waals surface area contributed by atoms with Crippen LogP contribution in [0.25, 0.3) is 0 Å². The van der Waals surface area contributed by atoms with E-state index in [2.05, 4.69) is 34.3 Å². The summed E-state index contributed by atoms with van der Waals surface area (Å²) in [6.45, 7) is 10.2. The van der Waals surface area contributed by atoms with Crippen molar-refractivity contribution in [1.29, 1.82) is 0 Å². The van der Waals surface area contributed by atoms with Crippen molar-refractivity contribution in [1.82, 2.24) is 15.2 Å². The standard InChI is InChI=1S/C16H29N3O/c1-4-19(12-6-5-10-17-11-13-20-3)14-16-9-7-8-15(2)18-16/h7-9,17H,4-6,10-14H2,1-3H3. The Balaban J connectivity index is 2.16. The van der Waals surface area contributed by atoms with Gasteiger partial charge >= 0.3 is 0 Å². The molecule has 0 fully saturated rings. The minimum absolute atomic E-state index is 0.792. The largest absolute Gasteiger partial charge is 0.383 e. The summed E-state index contributed by atoms with van der Waals surface area (Å²) >= 11 is 0. The van der Waals surface area contributed by atoms with E-state index in [1.54, 1.807) is 7.11 Å². The number of unbranched alkanes of at least 4 members (excludes halogenated alkanes) is 1. The number of aromatic nitrogens is 1. The normalized spacial score (nSPS) is 11.2. The van der Waals surface area contributed by atoms with Gasteiger partial charge in [-0.2, -0.15) is 0 Å². The Morgan fingerprint density at radius 2 is 2.10 bits per heavy atom. The van der Waals surface area contributed by atoms with Gasteiger partial charge in [-0.3, -0.25) is 9.88 Å². The summed E-state index contributed by atoms with van der Waals surface area (Å²) in [5, 5.41) is 3.38. The predicted octanol–water partition coefficient (Wildman–Crippen LogP) is 2.23. The summed E-state index contributed by atoms with van der Waals surface area (Å²) in [5.41, 5.74) is 2.27. The first-order chi connectivity index (χ1) is 9.76. The predicted molar refractivity (Wildman–Crippen MR) is 83.9 cm³/mol. The Hall–Kier alpha value is -0.970. The van der Waals surface area contributed by atoms with Crippen LogP contribution < -0.4 is 5.32 Å². The number of pyridine rings is 1. The molecule has 1 aromatic heterocycles. The van der Waals surface area contributed by atoms with Gasteiger partial charge in [0.1, 0.15) is 0 Å². The molecule has 4 nitrogen and oxygen atoms in total. The SMILES string of the molecule is CCN(CCCCNCCOC)Cc1cccc(C)n1. The number of hydrogen-bond donors (Lipinski definition) is 1. The van der Waals surface area contributed by atoms with Crippen LogP contribution in [0.15, 0.2) is 18.2 Å². The van der Waals surface area contributed by atoms with E-state index in [0.29, 0.717) is 0 Å². The molecule has 0 aliphatic carbocycles. The van der Waals surface area contributed by atoms with Gasteiger partial charge in [0.05, 0.1) is 12.3 Å². The molecule has 0 saturated heterocycles. The summed E-state index contributed by atoms with van der Waals surface area (Å²) < 4.78 is 5.00. The minimum atomic E-state index is 0.792. The number of hydrogen-bond acceptors (Lipinski definition) is 4. The van der Waals surface area contributed by atoms with E-state index in [1.807, 2.05) is 13.0 Å². The zero-order valence-electron chi connectivity index (χ0n) is 13.2. The van der Waals surface area contributed by atoms with Gasteiger partial charge in [0, 0.05) is 25.9 Å². The molecule has 0 aromatic carbocycles. The maximum Gasteiger partial charge on any atom is 0.0587 e. The molecule has 0 saturated carbocycles. The van der Waals surface area contributed by atoms with Crippen LogP contribution in [0, 0.1) is 6.92 Å². The van der Waals surface area contributed by atoms with Crippen LogP contribution in [0.5, 0.6) is 0 Å². The second-order valence-electron chi connectivity index (χ2n) is 5.09. The van der Waals surface area contributed by atoms with E-state index in [0.717, 1.165) is 45.0 Å². The Morgan fingerprint density at radius 3 is 2.80 bits per heavy atom. The average Bonchev–Trinajstić information content (AvgIpc) is 2.45. The van der Waals surface area contributed by atoms with Crippen molar-refractivity contribution in [2.24, 2.45) is 0 Å². The molecule has 1 heterocycles. The quantitative estimate of drug-likeness (QED) is 0.630. The third-order valence-electron chi connectivity index (χ3n) is 3.34. The molecule has 0 atom stereocenters. The highest BCUT2D eigenvalue weighted by Gasteiger charge is 2.04. The summed E-state index contributed by atoms with van der Waals surface area (Å²) in [4.78, 5) is 7.03. The highest BCUT2D eigenvalue weighted by Crippen LogP contribution is 2.04. The molecule has 0 unspecified atom stereocenters. The molecule has 1 aromatic rings. The second kappa shape index (κ2) is 10.8. The number of aryl methyl sites for hydroxylation is 1. The van der Waals surface area contributed by atoms with E-state index in [-0.39, 0.29) is 0 Å². The Bertz CT molecular complexity index is 357. The number of nitrogens with zero attached hydrogens (tertiary/aromatic N) is 2. The molecule has 0 aliphatic heterocycles. The maximum atomic E-state index is 5.00. The van der Waals surface area contributed by atoms with Crippen molar-refractivity contribution < 1.29 is 4.74 Å². The lowest BCUT2D eigenvalue weighted by Gasteiger charge is -2.20. The number of nitrogens with one attached hydrogen (secondary N) is 1. The van der Waals surface area contributed by atoms with Crippen LogP contribution in [0.1, 0.15) is 31.2 Å². The molecule has 0 aliphatic rings. The first-order valence-electron chi connectivity index (χ1n) is 7.60. The molecular weight excluding hydrogens is 250 g/mol. The smallest absolute Gasteiger partial charge is 0.0587 e. The van der Waals surface area contributed by atoms with Crippen LogP contribution in [0.4, 0.5) is 0 Å². The van der Waals surface area contributed by atoms with Gasteiger partial charge in [0.15, 0.2) is 0 Å². The van der Waals surface area contributed by atoms with Gasteiger partial charge in [-0.1, -0.05) is 13.0 Å². The van der Waals surface area contributed by atoms with Crippen LogP contribution in [-0.4, -0.2) is 49.8 Å². The summed E-state index contributed by atoms with van der Waals surface area (Å²) in [6.07, 6.45) is 2.43. The molecular formula is C16H29N3O. The number of rotatable bonds is 11. The highest BCUT2D eigenvalue weighted by molar-refractivity contribution is 5.09. The first kappa shape index (κ1) is 17.1. The molecule has 114 valence electrons. The highest BCUT2D eigenvalue weighted by atomic mass is 16.5. The zero-order chi connectivity index (χ0) is 14.6. The van der Waals surface area contributed by atoms with Crippen LogP contribution in [0.2, 0.25) is 0 Å². The van der Waals surface area contributed by atoms with E-state index in [4.69, 9.17) is 4.74 Å². The molecule has 20 heavy (non-hydrogen) atoms. The fourth-order valence-corrected chi connectivity index (χ4v) is 2.15. The molecule has 0 bridgehead atoms. The Labute approximate surface area is 123 Å². The fraction of sp³-hybridized carbons (Fsp3) is 0.688. The molecule has 0 amide bonds. The number of methoxy groups -OCH3 is 1. The summed E-state index contributed by atoms with van der Waals surface area (Å²) in [7, 11) is 1.74. The van der Waals surface area contributed by atoms with Gasteiger partial charge in [0.2, 0.25) is 0 Å². The minimum Gasteiger partial charge on any atom is -0.383 e. The van der Waals surface area contributed by atoms with E-state index >= 15 is 0 Å². The lowest BCUT2D eigenvalue weighted by Crippen LogP contribution is -2.26. The van der Waals surface area contributed by atoms with Crippen LogP contribution in [0.3, 0.4) is 0 Å². The van der Waals surface area contributed by atoms with Crippen molar-refractivity contribution in [2.45, 2.75) is 33.2 Å². The van der Waals surface area contributed by atoms with Crippen molar-refractivity contribution in [2.75, 3.05) is 39.9 Å². The fourth-order valence-electron chi connectivity index (χ4n) is 2.15. The summed E-state index contributed by atoms with van der Waals surface area (Å²) in [5.74, 6) is 0. The van der Waals surface area contributed by atoms with Gasteiger partial charge < -0.3 is 10.1 Å². The van der Waals surface area contributed by atoms with E-state index < -0.39 is 0 Å². The van der Waals surface area contributed by atoms with Gasteiger partial charge in [-0.05, 0) is 51.5 Å². The lowest BCUT2D eigenvalue weighted by molar-refractivity contribution is 0.199. The lowest BCUT2D eigenvalue weighted by atomic mass is 10.2. The van der Waals surface area contributed by atoms with E-state index in [9.17, 15) is 0 Å². The second-order valence-corrected chi connectivity index (χ2v) is 5.09. The third-order valence-corrected chi connectivity index (χ3v) is 3.34. The van der Waals surface area contributed by atoms with E-state index in [1.165, 1.54) is 18.5 Å². The van der Waals surface area contributed by atoms with Crippen molar-refractivity contribution >= 4 is 0 Å². The van der Waals surface area contributed by atoms with Crippen LogP contribution >= 0.6 is 0 Å². The van der Waals surface area contributed by atoms with Gasteiger partial charge in [-0.25, -0.2) is 0 Å². The Morgan fingerprint density at radius 1 is 1.25 bits per heavy atom. The number of ether oxygens (including phenoxy) is 1. The Kier molecular flexibility index (Phi) is 9.20. The summed E-state index contributed by atoms with van der Waals surface area (Å²) in [6, 6.07) is 6.25. The molecule has 4 heteroatoms. The molecule has 1 N–H and O–H groups in total. The van der Waals surface area contributed by atoms with Crippen molar-refractivity contribution in [3.63, 3.8) is 0 Å². The average molecular weight is 279 g/mol. The monoisotopic (exact) mass is 279 g/mol.